The summed E-state index contributed by atoms with van der Waals surface area (Å²) in [6.07, 6.45) is 6.26. The summed E-state index contributed by atoms with van der Waals surface area (Å²) in [6.45, 7) is 3.87. The van der Waals surface area contributed by atoms with Gasteiger partial charge in [-0.25, -0.2) is 4.98 Å². The Labute approximate surface area is 117 Å². The second-order valence-corrected chi connectivity index (χ2v) is 5.63. The summed E-state index contributed by atoms with van der Waals surface area (Å²) in [5.41, 5.74) is -0.153. The SMILES string of the molecule is CC(C)n1ccnc(NC2CCCC(C(=O)O)C2)c1=O. The third-order valence-electron chi connectivity index (χ3n) is 3.79. The van der Waals surface area contributed by atoms with E-state index in [0.717, 1.165) is 12.8 Å². The first kappa shape index (κ1) is 14.6. The van der Waals surface area contributed by atoms with Gasteiger partial charge in [0.25, 0.3) is 5.56 Å². The maximum atomic E-state index is 12.2. The Kier molecular flexibility index (Phi) is 4.42. The molecule has 1 aromatic heterocycles. The van der Waals surface area contributed by atoms with Crippen molar-refractivity contribution in [2.75, 3.05) is 5.32 Å². The summed E-state index contributed by atoms with van der Waals surface area (Å²) in [6, 6.07) is 0.0808. The predicted octanol–water partition coefficient (Wildman–Crippen LogP) is 1.88. The summed E-state index contributed by atoms with van der Waals surface area (Å²) in [4.78, 5) is 27.4. The van der Waals surface area contributed by atoms with E-state index in [2.05, 4.69) is 10.3 Å². The van der Waals surface area contributed by atoms with Crippen molar-refractivity contribution >= 4 is 11.8 Å². The first-order valence-corrected chi connectivity index (χ1v) is 7.05. The molecule has 1 fully saturated rings. The van der Waals surface area contributed by atoms with Crippen LogP contribution in [0.5, 0.6) is 0 Å². The van der Waals surface area contributed by atoms with Gasteiger partial charge in [0.1, 0.15) is 0 Å². The molecule has 1 heterocycles. The second-order valence-electron chi connectivity index (χ2n) is 5.63. The number of rotatable bonds is 4. The van der Waals surface area contributed by atoms with Gasteiger partial charge in [-0.1, -0.05) is 6.42 Å². The van der Waals surface area contributed by atoms with Crippen LogP contribution in [-0.2, 0) is 4.79 Å². The average molecular weight is 279 g/mol. The van der Waals surface area contributed by atoms with Crippen molar-refractivity contribution in [2.45, 2.75) is 51.6 Å². The number of carboxylic acid groups (broad SMARTS) is 1. The van der Waals surface area contributed by atoms with Crippen LogP contribution in [0.15, 0.2) is 17.2 Å². The molecule has 20 heavy (non-hydrogen) atoms. The smallest absolute Gasteiger partial charge is 0.306 e. The van der Waals surface area contributed by atoms with E-state index >= 15 is 0 Å². The molecule has 2 unspecified atom stereocenters. The van der Waals surface area contributed by atoms with Crippen molar-refractivity contribution in [1.82, 2.24) is 9.55 Å². The van der Waals surface area contributed by atoms with E-state index in [1.807, 2.05) is 13.8 Å². The molecule has 1 aliphatic carbocycles. The highest BCUT2D eigenvalue weighted by atomic mass is 16.4. The fraction of sp³-hybridized carbons (Fsp3) is 0.643. The van der Waals surface area contributed by atoms with Gasteiger partial charge in [-0.15, -0.1) is 0 Å². The monoisotopic (exact) mass is 279 g/mol. The minimum absolute atomic E-state index is 0.00747. The zero-order valence-electron chi connectivity index (χ0n) is 11.9. The van der Waals surface area contributed by atoms with Crippen LogP contribution in [0, 0.1) is 5.92 Å². The Morgan fingerprint density at radius 3 is 2.90 bits per heavy atom. The predicted molar refractivity (Wildman–Crippen MR) is 75.9 cm³/mol. The van der Waals surface area contributed by atoms with Crippen molar-refractivity contribution in [1.29, 1.82) is 0 Å². The van der Waals surface area contributed by atoms with Crippen LogP contribution >= 0.6 is 0 Å². The Morgan fingerprint density at radius 2 is 2.25 bits per heavy atom. The third kappa shape index (κ3) is 3.18. The zero-order chi connectivity index (χ0) is 14.7. The Hall–Kier alpha value is -1.85. The Morgan fingerprint density at radius 1 is 1.50 bits per heavy atom. The molecule has 6 nitrogen and oxygen atoms in total. The lowest BCUT2D eigenvalue weighted by atomic mass is 9.86. The quantitative estimate of drug-likeness (QED) is 0.879. The summed E-state index contributed by atoms with van der Waals surface area (Å²) < 4.78 is 1.62. The number of carbonyl (C=O) groups is 1. The van der Waals surface area contributed by atoms with Gasteiger partial charge in [0.2, 0.25) is 0 Å². The normalized spacial score (nSPS) is 22.8. The zero-order valence-corrected chi connectivity index (χ0v) is 11.9. The second kappa shape index (κ2) is 6.07. The molecule has 0 amide bonds. The number of nitrogens with zero attached hydrogens (tertiary/aromatic N) is 2. The third-order valence-corrected chi connectivity index (χ3v) is 3.79. The van der Waals surface area contributed by atoms with E-state index in [4.69, 9.17) is 5.11 Å². The molecule has 2 N–H and O–H groups in total. The minimum atomic E-state index is -0.753. The van der Waals surface area contributed by atoms with Gasteiger partial charge < -0.3 is 15.0 Å². The lowest BCUT2D eigenvalue weighted by Crippen LogP contribution is -2.34. The molecule has 0 spiro atoms. The topological polar surface area (TPSA) is 84.2 Å². The lowest BCUT2D eigenvalue weighted by molar-refractivity contribution is -0.142. The molecule has 110 valence electrons. The Bertz CT molecular complexity index is 539. The number of carboxylic acids is 1. The van der Waals surface area contributed by atoms with E-state index < -0.39 is 5.97 Å². The van der Waals surface area contributed by atoms with Crippen LogP contribution in [0.25, 0.3) is 0 Å². The van der Waals surface area contributed by atoms with E-state index in [-0.39, 0.29) is 23.6 Å². The van der Waals surface area contributed by atoms with Crippen LogP contribution in [0.2, 0.25) is 0 Å². The van der Waals surface area contributed by atoms with Gasteiger partial charge in [-0.2, -0.15) is 0 Å². The Balaban J connectivity index is 2.12. The molecular weight excluding hydrogens is 258 g/mol. The van der Waals surface area contributed by atoms with Crippen LogP contribution in [-0.4, -0.2) is 26.7 Å². The van der Waals surface area contributed by atoms with E-state index in [1.54, 1.807) is 17.0 Å². The van der Waals surface area contributed by atoms with Crippen molar-refractivity contribution < 1.29 is 9.90 Å². The van der Waals surface area contributed by atoms with Crippen molar-refractivity contribution in [3.8, 4) is 0 Å². The van der Waals surface area contributed by atoms with Crippen molar-refractivity contribution in [3.05, 3.63) is 22.7 Å². The van der Waals surface area contributed by atoms with Gasteiger partial charge >= 0.3 is 5.97 Å². The summed E-state index contributed by atoms with van der Waals surface area (Å²) in [7, 11) is 0. The van der Waals surface area contributed by atoms with E-state index in [9.17, 15) is 9.59 Å². The van der Waals surface area contributed by atoms with E-state index in [0.29, 0.717) is 18.7 Å². The summed E-state index contributed by atoms with van der Waals surface area (Å²) in [5, 5.41) is 12.2. The first-order valence-electron chi connectivity index (χ1n) is 7.05. The molecular formula is C14H21N3O3. The fourth-order valence-corrected chi connectivity index (χ4v) is 2.67. The highest BCUT2D eigenvalue weighted by Gasteiger charge is 2.27. The fourth-order valence-electron chi connectivity index (χ4n) is 2.67. The van der Waals surface area contributed by atoms with Gasteiger partial charge in [-0.05, 0) is 33.1 Å². The van der Waals surface area contributed by atoms with Crippen LogP contribution in [0.4, 0.5) is 5.82 Å². The number of nitrogens with one attached hydrogen (secondary N) is 1. The molecule has 0 bridgehead atoms. The largest absolute Gasteiger partial charge is 0.481 e. The van der Waals surface area contributed by atoms with Crippen LogP contribution < -0.4 is 10.9 Å². The number of hydrogen-bond donors (Lipinski definition) is 2. The highest BCUT2D eigenvalue weighted by molar-refractivity contribution is 5.70. The van der Waals surface area contributed by atoms with Crippen LogP contribution in [0.1, 0.15) is 45.6 Å². The molecule has 2 rings (SSSR count). The maximum absolute atomic E-state index is 12.2. The minimum Gasteiger partial charge on any atom is -0.481 e. The van der Waals surface area contributed by atoms with Gasteiger partial charge in [0.15, 0.2) is 5.82 Å². The molecule has 1 aromatic rings. The number of aromatic nitrogens is 2. The average Bonchev–Trinajstić information content (AvgIpc) is 2.41. The molecule has 1 aliphatic rings. The molecule has 0 radical (unpaired) electrons. The molecule has 1 saturated carbocycles. The highest BCUT2D eigenvalue weighted by Crippen LogP contribution is 2.25. The van der Waals surface area contributed by atoms with Gasteiger partial charge in [0.05, 0.1) is 5.92 Å². The van der Waals surface area contributed by atoms with Gasteiger partial charge in [0, 0.05) is 24.5 Å². The molecule has 2 atom stereocenters. The number of aliphatic carboxylic acids is 1. The molecule has 0 aromatic carbocycles. The number of hydrogen-bond acceptors (Lipinski definition) is 4. The van der Waals surface area contributed by atoms with Crippen molar-refractivity contribution in [3.63, 3.8) is 0 Å². The first-order chi connectivity index (χ1) is 9.49. The van der Waals surface area contributed by atoms with Gasteiger partial charge in [-0.3, -0.25) is 9.59 Å². The van der Waals surface area contributed by atoms with Crippen LogP contribution in [0.3, 0.4) is 0 Å². The molecule has 0 saturated heterocycles. The maximum Gasteiger partial charge on any atom is 0.306 e. The molecule has 6 heteroatoms. The summed E-state index contributed by atoms with van der Waals surface area (Å²) >= 11 is 0. The lowest BCUT2D eigenvalue weighted by Gasteiger charge is -2.27. The molecule has 0 aliphatic heterocycles. The standard InChI is InChI=1S/C14H21N3O3/c1-9(2)17-7-6-15-12(13(17)18)16-11-5-3-4-10(8-11)14(19)20/h6-7,9-11H,3-5,8H2,1-2H3,(H,15,16)(H,19,20). The summed E-state index contributed by atoms with van der Waals surface area (Å²) in [5.74, 6) is -0.758. The van der Waals surface area contributed by atoms with Crippen molar-refractivity contribution in [2.24, 2.45) is 5.92 Å². The van der Waals surface area contributed by atoms with E-state index in [1.165, 1.54) is 0 Å². The number of anilines is 1.